The molecule has 0 aromatic rings. The first-order valence-corrected chi connectivity index (χ1v) is 23.6. The zero-order chi connectivity index (χ0) is 12.5. The minimum atomic E-state index is -2.10. The third-order valence-electron chi connectivity index (χ3n) is 4.43. The van der Waals surface area contributed by atoms with Crippen LogP contribution in [0.4, 0.5) is 0 Å². The van der Waals surface area contributed by atoms with Gasteiger partial charge in [0.15, 0.2) is 0 Å². The Labute approximate surface area is 112 Å². The molecule has 0 nitrogen and oxygen atoms in total. The Morgan fingerprint density at radius 2 is 1.24 bits per heavy atom. The summed E-state index contributed by atoms with van der Waals surface area (Å²) in [6, 6.07) is 0. The molecular weight excluding hydrogens is 316 g/mol. The van der Waals surface area contributed by atoms with E-state index in [1.807, 2.05) is 6.56 Å². The van der Waals surface area contributed by atoms with E-state index in [9.17, 15) is 0 Å². The van der Waals surface area contributed by atoms with Crippen molar-refractivity contribution in [3.05, 3.63) is 43.0 Å². The van der Waals surface area contributed by atoms with Crippen LogP contribution in [0.1, 0.15) is 12.8 Å². The third kappa shape index (κ3) is 2.26. The Hall–Kier alpha value is 0.277. The second-order valence-electron chi connectivity index (χ2n) is 5.83. The molecule has 0 atom stereocenters. The van der Waals surface area contributed by atoms with Gasteiger partial charge in [0.25, 0.3) is 0 Å². The predicted octanol–water partition coefficient (Wildman–Crippen LogP) is 3.79. The molecule has 0 unspecified atom stereocenters. The number of hydrogen-bond acceptors (Lipinski definition) is 0. The number of allylic oxidation sites excluding steroid dienone is 8. The van der Waals surface area contributed by atoms with E-state index in [0.717, 1.165) is 0 Å². The summed E-state index contributed by atoms with van der Waals surface area (Å²) in [5.74, 6) is -1.06. The topological polar surface area (TPSA) is 0 Å². The van der Waals surface area contributed by atoms with Gasteiger partial charge in [0.2, 0.25) is 0 Å². The van der Waals surface area contributed by atoms with Crippen LogP contribution in [0.3, 0.4) is 0 Å². The van der Waals surface area contributed by atoms with E-state index in [2.05, 4.69) is 62.6 Å². The second-order valence-corrected chi connectivity index (χ2v) is 49.6. The zero-order valence-electron chi connectivity index (χ0n) is 11.5. The van der Waals surface area contributed by atoms with Crippen LogP contribution >= 0.6 is 0 Å². The molecule has 0 saturated carbocycles. The standard InChI is InChI=1S/2C5H5.2C2H7Si.Zr/c2*1-2-4-5-3-1;2*1-3-2;/h2*1-3H,4H2;2*3H,1-2H3;. The van der Waals surface area contributed by atoms with Crippen molar-refractivity contribution < 1.29 is 18.6 Å². The number of hydrogen-bond donors (Lipinski definition) is 0. The Morgan fingerprint density at radius 1 is 0.824 bits per heavy atom. The average Bonchev–Trinajstić information content (AvgIpc) is 2.88. The van der Waals surface area contributed by atoms with Crippen LogP contribution in [-0.4, -0.2) is 11.8 Å². The van der Waals surface area contributed by atoms with Gasteiger partial charge in [-0.3, -0.25) is 0 Å². The van der Waals surface area contributed by atoms with Crippen LogP contribution in [0.5, 0.6) is 0 Å². The van der Waals surface area contributed by atoms with Crippen molar-refractivity contribution in [2.75, 3.05) is 0 Å². The molecule has 0 spiro atoms. The predicted molar refractivity (Wildman–Crippen MR) is 81.4 cm³/mol. The fourth-order valence-electron chi connectivity index (χ4n) is 3.86. The van der Waals surface area contributed by atoms with Crippen LogP contribution in [0, 0.1) is 0 Å². The van der Waals surface area contributed by atoms with Crippen LogP contribution in [0.15, 0.2) is 43.0 Å². The monoisotopic (exact) mass is 338 g/mol. The maximum absolute atomic E-state index is 2.64. The van der Waals surface area contributed by atoms with Gasteiger partial charge in [-0.15, -0.1) is 0 Å². The van der Waals surface area contributed by atoms with Crippen molar-refractivity contribution in [2.45, 2.75) is 39.0 Å². The molecule has 92 valence electrons. The van der Waals surface area contributed by atoms with Crippen LogP contribution < -0.4 is 0 Å². The van der Waals surface area contributed by atoms with E-state index < -0.39 is 30.4 Å². The van der Waals surface area contributed by atoms with Gasteiger partial charge in [0.1, 0.15) is 0 Å². The molecule has 2 aliphatic rings. The van der Waals surface area contributed by atoms with Gasteiger partial charge in [0, 0.05) is 0 Å². The van der Waals surface area contributed by atoms with Crippen molar-refractivity contribution >= 4 is 11.8 Å². The van der Waals surface area contributed by atoms with E-state index in [-0.39, 0.29) is 0 Å². The van der Waals surface area contributed by atoms with Crippen LogP contribution in [0.2, 0.25) is 26.2 Å². The average molecular weight is 340 g/mol. The van der Waals surface area contributed by atoms with Crippen molar-refractivity contribution in [2.24, 2.45) is 0 Å². The fourth-order valence-corrected chi connectivity index (χ4v) is 73.7. The van der Waals surface area contributed by atoms with E-state index in [1.54, 1.807) is 0 Å². The van der Waals surface area contributed by atoms with Gasteiger partial charge in [0.05, 0.1) is 0 Å². The second kappa shape index (κ2) is 5.50. The van der Waals surface area contributed by atoms with Gasteiger partial charge in [-0.1, -0.05) is 0 Å². The van der Waals surface area contributed by atoms with Gasteiger partial charge < -0.3 is 0 Å². The molecule has 0 bridgehead atoms. The number of rotatable bonds is 4. The maximum atomic E-state index is 2.64. The van der Waals surface area contributed by atoms with Crippen LogP contribution in [-0.2, 0) is 18.6 Å². The Kier molecular flexibility index (Phi) is 4.43. The molecule has 0 heterocycles. The molecule has 0 saturated heterocycles. The summed E-state index contributed by atoms with van der Waals surface area (Å²) in [6.45, 7) is 10.6. The molecule has 0 fully saturated rings. The molecule has 17 heavy (non-hydrogen) atoms. The van der Waals surface area contributed by atoms with E-state index >= 15 is 0 Å². The molecule has 2 aliphatic carbocycles. The normalized spacial score (nSPS) is 19.4. The summed E-state index contributed by atoms with van der Waals surface area (Å²) < 4.78 is 3.88. The molecule has 0 aromatic carbocycles. The summed E-state index contributed by atoms with van der Waals surface area (Å²) in [5.41, 5.74) is 0. The third-order valence-corrected chi connectivity index (χ3v) is 74.4. The van der Waals surface area contributed by atoms with Crippen molar-refractivity contribution in [1.82, 2.24) is 0 Å². The Balaban J connectivity index is 2.46. The summed E-state index contributed by atoms with van der Waals surface area (Å²) >= 11 is -2.10. The summed E-state index contributed by atoms with van der Waals surface area (Å²) in [6.07, 6.45) is 17.0. The van der Waals surface area contributed by atoms with Crippen molar-refractivity contribution in [1.29, 1.82) is 0 Å². The van der Waals surface area contributed by atoms with Gasteiger partial charge in [-0.25, -0.2) is 0 Å². The van der Waals surface area contributed by atoms with Gasteiger partial charge in [-0.05, 0) is 0 Å². The SMILES string of the molecule is C[SiH](C)[Zr]([C]1=CC=CC1)([C]1=CC=CC1)[SiH](C)C. The van der Waals surface area contributed by atoms with E-state index in [0.29, 0.717) is 0 Å². The van der Waals surface area contributed by atoms with E-state index in [4.69, 9.17) is 0 Å². The molecule has 0 N–H and O–H groups in total. The summed E-state index contributed by atoms with van der Waals surface area (Å²) in [7, 11) is 0. The minimum absolute atomic E-state index is 0.530. The molecule has 3 heteroatoms. The van der Waals surface area contributed by atoms with Crippen molar-refractivity contribution in [3.63, 3.8) is 0 Å². The molecule has 2 rings (SSSR count). The summed E-state index contributed by atoms with van der Waals surface area (Å²) in [4.78, 5) is 0. The van der Waals surface area contributed by atoms with Gasteiger partial charge >= 0.3 is 112 Å². The zero-order valence-corrected chi connectivity index (χ0v) is 16.3. The Morgan fingerprint density at radius 3 is 1.47 bits per heavy atom. The van der Waals surface area contributed by atoms with Gasteiger partial charge in [-0.2, -0.15) is 0 Å². The molecule has 0 radical (unpaired) electrons. The molecule has 0 aromatic heterocycles. The first kappa shape index (κ1) is 13.7. The summed E-state index contributed by atoms with van der Waals surface area (Å²) in [5, 5.41) is 0. The fraction of sp³-hybridized carbons (Fsp3) is 0.429. The quantitative estimate of drug-likeness (QED) is 0.684. The Bertz CT molecular complexity index is 374. The first-order valence-electron chi connectivity index (χ1n) is 6.82. The van der Waals surface area contributed by atoms with E-state index in [1.165, 1.54) is 12.8 Å². The first-order chi connectivity index (χ1) is 8.10. The molecular formula is C14H24Si2Zr. The molecule has 0 aliphatic heterocycles. The van der Waals surface area contributed by atoms with Crippen molar-refractivity contribution in [3.8, 4) is 0 Å². The van der Waals surface area contributed by atoms with Crippen LogP contribution in [0.25, 0.3) is 0 Å². The molecule has 0 amide bonds.